The summed E-state index contributed by atoms with van der Waals surface area (Å²) in [7, 11) is -4.21. The van der Waals surface area contributed by atoms with Crippen molar-refractivity contribution in [3.05, 3.63) is 64.2 Å². The molecule has 3 heterocycles. The monoisotopic (exact) mass is 523 g/mol. The number of alkyl halides is 3. The molecule has 1 atom stereocenters. The van der Waals surface area contributed by atoms with E-state index in [4.69, 9.17) is 0 Å². The maximum absolute atomic E-state index is 13.2. The summed E-state index contributed by atoms with van der Waals surface area (Å²) < 4.78 is 67.4. The van der Waals surface area contributed by atoms with E-state index in [1.807, 2.05) is 13.8 Å². The molecule has 1 unspecified atom stereocenters. The minimum absolute atomic E-state index is 0.0482. The van der Waals surface area contributed by atoms with Crippen LogP contribution in [-0.2, 0) is 27.3 Å². The highest BCUT2D eigenvalue weighted by Gasteiger charge is 2.38. The lowest BCUT2D eigenvalue weighted by molar-refractivity contribution is -0.137. The molecule has 1 aliphatic heterocycles. The Bertz CT molecular complexity index is 1400. The molecule has 2 aromatic heterocycles. The largest absolute Gasteiger partial charge is 0.593 e. The van der Waals surface area contributed by atoms with Gasteiger partial charge in [0.15, 0.2) is 26.6 Å². The summed E-state index contributed by atoms with van der Waals surface area (Å²) in [5.74, 6) is -0.540. The zero-order chi connectivity index (χ0) is 26.3. The van der Waals surface area contributed by atoms with Gasteiger partial charge >= 0.3 is 6.18 Å². The van der Waals surface area contributed by atoms with Crippen LogP contribution in [0.2, 0.25) is 0 Å². The van der Waals surface area contributed by atoms with Crippen molar-refractivity contribution >= 4 is 27.5 Å². The number of piperazine rings is 1. The summed E-state index contributed by atoms with van der Waals surface area (Å²) in [4.78, 5) is 35.7. The summed E-state index contributed by atoms with van der Waals surface area (Å²) >= 11 is 0. The third-order valence-corrected chi connectivity index (χ3v) is 7.67. The molecule has 0 N–H and O–H groups in total. The van der Waals surface area contributed by atoms with E-state index >= 15 is 0 Å². The van der Waals surface area contributed by atoms with Crippen LogP contribution in [0.3, 0.4) is 0 Å². The highest BCUT2D eigenvalue weighted by molar-refractivity contribution is 7.95. The average Bonchev–Trinajstić information content (AvgIpc) is 2.84. The molecular weight excluding hydrogens is 499 g/mol. The first-order valence-corrected chi connectivity index (χ1v) is 12.7. The standard InChI is InChI=1S/C23H24F3N5O4S/c1-15(2)14-31-20-18(7-4-8-27-20)28-19(22(31)33)21(32)29-9-11-30(12-10-29)36(34,35)17-6-3-5-16(13-17)23(24,25)26/h3-8,13,15H,9-12,14H2,1-2H3. The minimum Gasteiger partial charge on any atom is -0.593 e. The normalized spacial score (nSPS) is 16.9. The molecule has 0 bridgehead atoms. The zero-order valence-corrected chi connectivity index (χ0v) is 20.4. The zero-order valence-electron chi connectivity index (χ0n) is 19.6. The first-order valence-electron chi connectivity index (χ1n) is 11.2. The number of rotatable bonds is 5. The molecule has 192 valence electrons. The van der Waals surface area contributed by atoms with E-state index in [0.717, 1.165) is 22.5 Å². The Morgan fingerprint density at radius 2 is 1.83 bits per heavy atom. The number of hydrogen-bond acceptors (Lipinski definition) is 6. The highest BCUT2D eigenvalue weighted by Crippen LogP contribution is 2.32. The fraction of sp³-hybridized carbons (Fsp3) is 0.391. The molecule has 13 heteroatoms. The summed E-state index contributed by atoms with van der Waals surface area (Å²) in [6, 6.07) is 6.83. The van der Waals surface area contributed by atoms with Gasteiger partial charge in [-0.25, -0.2) is 9.97 Å². The van der Waals surface area contributed by atoms with Gasteiger partial charge in [0, 0.05) is 31.9 Å². The number of nitrogens with zero attached hydrogens (tertiary/aromatic N) is 5. The second-order valence-corrected chi connectivity index (χ2v) is 10.8. The molecule has 3 aromatic rings. The number of hydrogen-bond donors (Lipinski definition) is 0. The van der Waals surface area contributed by atoms with Gasteiger partial charge in [-0.15, -0.1) is 4.31 Å². The van der Waals surface area contributed by atoms with E-state index in [0.29, 0.717) is 23.8 Å². The summed E-state index contributed by atoms with van der Waals surface area (Å²) in [5.41, 5.74) is -1.19. The van der Waals surface area contributed by atoms with Crippen molar-refractivity contribution in [2.45, 2.75) is 31.5 Å². The summed E-state index contributed by atoms with van der Waals surface area (Å²) in [5, 5.41) is 0. The molecule has 0 spiro atoms. The van der Waals surface area contributed by atoms with Crippen molar-refractivity contribution in [2.75, 3.05) is 26.2 Å². The number of benzene rings is 1. The van der Waals surface area contributed by atoms with Crippen LogP contribution in [0.5, 0.6) is 0 Å². The van der Waals surface area contributed by atoms with Gasteiger partial charge in [0.1, 0.15) is 5.52 Å². The van der Waals surface area contributed by atoms with Crippen LogP contribution in [0.15, 0.2) is 52.3 Å². The van der Waals surface area contributed by atoms with Gasteiger partial charge in [0.05, 0.1) is 18.7 Å². The molecule has 0 saturated carbocycles. The van der Waals surface area contributed by atoms with Gasteiger partial charge in [-0.2, -0.15) is 13.2 Å². The summed E-state index contributed by atoms with van der Waals surface area (Å²) in [6.45, 7) is 3.80. The van der Waals surface area contributed by atoms with Crippen molar-refractivity contribution in [3.8, 4) is 0 Å². The second kappa shape index (κ2) is 9.71. The first-order chi connectivity index (χ1) is 16.9. The Kier molecular flexibility index (Phi) is 6.99. The number of pyridine rings is 1. The molecule has 0 radical (unpaired) electrons. The van der Waals surface area contributed by atoms with E-state index in [2.05, 4.69) is 9.97 Å². The van der Waals surface area contributed by atoms with Crippen molar-refractivity contribution in [3.63, 3.8) is 0 Å². The topological polar surface area (TPSA) is 111 Å². The van der Waals surface area contributed by atoms with Crippen LogP contribution in [0.4, 0.5) is 13.2 Å². The van der Waals surface area contributed by atoms with Crippen LogP contribution < -0.4 is 5.56 Å². The number of aromatic nitrogens is 3. The highest BCUT2D eigenvalue weighted by atomic mass is 32.3. The van der Waals surface area contributed by atoms with Crippen LogP contribution in [0, 0.1) is 5.92 Å². The molecule has 0 aliphatic carbocycles. The number of amides is 1. The number of fused-ring (bicyclic) bond motifs is 1. The van der Waals surface area contributed by atoms with E-state index in [1.54, 1.807) is 12.1 Å². The lowest BCUT2D eigenvalue weighted by atomic mass is 10.2. The fourth-order valence-electron chi connectivity index (χ4n) is 4.01. The lowest BCUT2D eigenvalue weighted by Crippen LogP contribution is -2.53. The van der Waals surface area contributed by atoms with Crippen molar-refractivity contribution in [1.82, 2.24) is 23.7 Å². The molecular formula is C23H24F3N5O4S. The van der Waals surface area contributed by atoms with Gasteiger partial charge in [-0.1, -0.05) is 24.1 Å². The van der Waals surface area contributed by atoms with Crippen LogP contribution in [0.1, 0.15) is 29.9 Å². The molecule has 1 amide bonds. The number of carbonyl (C=O) groups is 1. The van der Waals surface area contributed by atoms with E-state index in [9.17, 15) is 31.5 Å². The molecule has 1 fully saturated rings. The van der Waals surface area contributed by atoms with Crippen LogP contribution in [-0.4, -0.2) is 60.4 Å². The Morgan fingerprint density at radius 3 is 2.47 bits per heavy atom. The predicted octanol–water partition coefficient (Wildman–Crippen LogP) is 2.83. The minimum atomic E-state index is -4.68. The smallest absolute Gasteiger partial charge is 0.416 e. The number of halogens is 3. The molecule has 1 aliphatic rings. The number of carbonyl (C=O) groups excluding carboxylic acids is 1. The average molecular weight is 524 g/mol. The van der Waals surface area contributed by atoms with E-state index in [1.165, 1.54) is 15.7 Å². The van der Waals surface area contributed by atoms with Crippen LogP contribution in [0.25, 0.3) is 11.2 Å². The van der Waals surface area contributed by atoms with E-state index < -0.39 is 38.5 Å². The van der Waals surface area contributed by atoms with Gasteiger partial charge in [-0.05, 0) is 30.2 Å². The third-order valence-electron chi connectivity index (χ3n) is 5.78. The lowest BCUT2D eigenvalue weighted by Gasteiger charge is -2.35. The third kappa shape index (κ3) is 5.04. The van der Waals surface area contributed by atoms with Gasteiger partial charge in [0.25, 0.3) is 11.5 Å². The quantitative estimate of drug-likeness (QED) is 0.476. The van der Waals surface area contributed by atoms with Crippen molar-refractivity contribution in [1.29, 1.82) is 0 Å². The maximum atomic E-state index is 13.2. The fourth-order valence-corrected chi connectivity index (χ4v) is 5.48. The summed E-state index contributed by atoms with van der Waals surface area (Å²) in [6.07, 6.45) is -3.15. The van der Waals surface area contributed by atoms with Crippen molar-refractivity contribution < 1.29 is 26.7 Å². The predicted molar refractivity (Wildman–Crippen MR) is 125 cm³/mol. The molecule has 36 heavy (non-hydrogen) atoms. The molecule has 4 rings (SSSR count). The Morgan fingerprint density at radius 1 is 1.14 bits per heavy atom. The van der Waals surface area contributed by atoms with Crippen LogP contribution >= 0.6 is 0 Å². The van der Waals surface area contributed by atoms with Gasteiger partial charge < -0.3 is 9.45 Å². The van der Waals surface area contributed by atoms with Gasteiger partial charge in [-0.3, -0.25) is 14.2 Å². The Balaban J connectivity index is 1.56. The maximum Gasteiger partial charge on any atom is 0.416 e. The second-order valence-electron chi connectivity index (χ2n) is 8.84. The first kappa shape index (κ1) is 25.9. The molecule has 9 nitrogen and oxygen atoms in total. The Hall–Kier alpha value is -3.16. The number of sulfonamides is 1. The van der Waals surface area contributed by atoms with Gasteiger partial charge in [0.2, 0.25) is 0 Å². The van der Waals surface area contributed by atoms with E-state index in [-0.39, 0.29) is 37.8 Å². The molecule has 1 aromatic carbocycles. The molecule has 1 saturated heterocycles. The van der Waals surface area contributed by atoms with Crippen molar-refractivity contribution in [2.24, 2.45) is 5.92 Å². The Labute approximate surface area is 206 Å². The SMILES string of the molecule is CC(C)Cn1c(=O)c(C(=O)N2CCN([S+](=O)([O-])c3cccc(C(F)(F)F)c3)CC2)nc2cccnc21.